The van der Waals surface area contributed by atoms with E-state index in [1.54, 1.807) is 13.3 Å². The number of ether oxygens (including phenoxy) is 2. The predicted molar refractivity (Wildman–Crippen MR) is 91.2 cm³/mol. The second kappa shape index (κ2) is 8.08. The molecule has 0 aliphatic rings. The molecule has 0 spiro atoms. The Morgan fingerprint density at radius 3 is 2.55 bits per heavy atom. The number of nitrogens with zero attached hydrogens (tertiary/aromatic N) is 1. The predicted octanol–water partition coefficient (Wildman–Crippen LogP) is 4.24. The van der Waals surface area contributed by atoms with Crippen LogP contribution in [0.4, 0.5) is 5.69 Å². The van der Waals surface area contributed by atoms with Crippen LogP contribution in [0.5, 0.6) is 11.5 Å². The molecular weight excluding hydrogens is 276 g/mol. The van der Waals surface area contributed by atoms with Gasteiger partial charge in [-0.15, -0.1) is 0 Å². The molecular formula is C18H22N2O2. The van der Waals surface area contributed by atoms with Gasteiger partial charge in [0.15, 0.2) is 11.5 Å². The van der Waals surface area contributed by atoms with Gasteiger partial charge in [-0.25, -0.2) is 0 Å². The zero-order chi connectivity index (χ0) is 15.8. The van der Waals surface area contributed by atoms with E-state index in [1.165, 1.54) is 5.56 Å². The second-order valence-electron chi connectivity index (χ2n) is 4.99. The Balaban J connectivity index is 2.02. The van der Waals surface area contributed by atoms with Crippen LogP contribution in [-0.4, -0.2) is 19.9 Å². The first-order valence-corrected chi connectivity index (χ1v) is 7.39. The Kier molecular flexibility index (Phi) is 5.83. The minimum Gasteiger partial charge on any atom is -0.493 e. The normalized spacial score (nSPS) is 10.7. The maximum atomic E-state index is 5.63. The summed E-state index contributed by atoms with van der Waals surface area (Å²) in [5.41, 5.74) is 6.13. The van der Waals surface area contributed by atoms with E-state index in [0.717, 1.165) is 23.4 Å². The van der Waals surface area contributed by atoms with Gasteiger partial charge in [0, 0.05) is 0 Å². The van der Waals surface area contributed by atoms with Crippen LogP contribution in [0, 0.1) is 6.92 Å². The minimum atomic E-state index is 0.679. The molecule has 0 aliphatic carbocycles. The topological polar surface area (TPSA) is 42.8 Å². The maximum Gasteiger partial charge on any atom is 0.161 e. The van der Waals surface area contributed by atoms with E-state index < -0.39 is 0 Å². The van der Waals surface area contributed by atoms with Crippen LogP contribution in [0.2, 0.25) is 0 Å². The molecule has 0 saturated carbocycles. The van der Waals surface area contributed by atoms with Crippen molar-refractivity contribution in [3.8, 4) is 11.5 Å². The molecule has 0 fully saturated rings. The molecule has 1 N–H and O–H groups in total. The number of hydrogen-bond acceptors (Lipinski definition) is 4. The monoisotopic (exact) mass is 298 g/mol. The molecule has 116 valence electrons. The van der Waals surface area contributed by atoms with Gasteiger partial charge >= 0.3 is 0 Å². The third-order valence-corrected chi connectivity index (χ3v) is 3.11. The number of hydrazone groups is 1. The number of rotatable bonds is 7. The van der Waals surface area contributed by atoms with Crippen molar-refractivity contribution in [1.29, 1.82) is 0 Å². The highest BCUT2D eigenvalue weighted by atomic mass is 16.5. The summed E-state index contributed by atoms with van der Waals surface area (Å²) in [6, 6.07) is 13.8. The van der Waals surface area contributed by atoms with Crippen molar-refractivity contribution >= 4 is 11.9 Å². The van der Waals surface area contributed by atoms with Gasteiger partial charge in [-0.3, -0.25) is 5.43 Å². The molecule has 22 heavy (non-hydrogen) atoms. The smallest absolute Gasteiger partial charge is 0.161 e. The Hall–Kier alpha value is -2.49. The van der Waals surface area contributed by atoms with Gasteiger partial charge in [0.05, 0.1) is 25.6 Å². The summed E-state index contributed by atoms with van der Waals surface area (Å²) in [5, 5.41) is 4.24. The lowest BCUT2D eigenvalue weighted by molar-refractivity contribution is 0.294. The van der Waals surface area contributed by atoms with Crippen LogP contribution < -0.4 is 14.9 Å². The van der Waals surface area contributed by atoms with Gasteiger partial charge in [-0.1, -0.05) is 24.6 Å². The summed E-state index contributed by atoms with van der Waals surface area (Å²) in [5.74, 6) is 1.47. The first-order valence-electron chi connectivity index (χ1n) is 7.39. The quantitative estimate of drug-likeness (QED) is 0.614. The average Bonchev–Trinajstić information content (AvgIpc) is 2.55. The minimum absolute atomic E-state index is 0.679. The summed E-state index contributed by atoms with van der Waals surface area (Å²) in [6.07, 6.45) is 2.72. The number of nitrogens with one attached hydrogen (secondary N) is 1. The van der Waals surface area contributed by atoms with Crippen molar-refractivity contribution < 1.29 is 9.47 Å². The van der Waals surface area contributed by atoms with E-state index in [0.29, 0.717) is 12.4 Å². The van der Waals surface area contributed by atoms with Crippen LogP contribution in [0.25, 0.3) is 0 Å². The van der Waals surface area contributed by atoms with Gasteiger partial charge in [0.25, 0.3) is 0 Å². The van der Waals surface area contributed by atoms with Crippen LogP contribution in [0.1, 0.15) is 24.5 Å². The third-order valence-electron chi connectivity index (χ3n) is 3.11. The van der Waals surface area contributed by atoms with E-state index in [1.807, 2.05) is 42.5 Å². The molecule has 0 aliphatic heterocycles. The molecule has 0 saturated heterocycles. The Labute approximate surface area is 131 Å². The van der Waals surface area contributed by atoms with Crippen LogP contribution >= 0.6 is 0 Å². The van der Waals surface area contributed by atoms with Gasteiger partial charge in [-0.05, 0) is 49.2 Å². The molecule has 0 amide bonds. The van der Waals surface area contributed by atoms with Crippen molar-refractivity contribution in [2.24, 2.45) is 5.10 Å². The van der Waals surface area contributed by atoms with Gasteiger partial charge in [0.1, 0.15) is 0 Å². The lowest BCUT2D eigenvalue weighted by atomic mass is 10.2. The fourth-order valence-corrected chi connectivity index (χ4v) is 1.91. The highest BCUT2D eigenvalue weighted by molar-refractivity contribution is 5.81. The van der Waals surface area contributed by atoms with Crippen molar-refractivity contribution in [3.63, 3.8) is 0 Å². The number of aryl methyl sites for hydroxylation is 1. The van der Waals surface area contributed by atoms with E-state index in [-0.39, 0.29) is 0 Å². The van der Waals surface area contributed by atoms with Crippen molar-refractivity contribution in [3.05, 3.63) is 53.6 Å². The number of methoxy groups -OCH3 is 1. The van der Waals surface area contributed by atoms with Crippen LogP contribution in [0.15, 0.2) is 47.6 Å². The molecule has 0 aromatic heterocycles. The maximum absolute atomic E-state index is 5.63. The Bertz CT molecular complexity index is 621. The Morgan fingerprint density at radius 2 is 1.86 bits per heavy atom. The largest absolute Gasteiger partial charge is 0.493 e. The molecule has 0 unspecified atom stereocenters. The van der Waals surface area contributed by atoms with E-state index in [4.69, 9.17) is 9.47 Å². The second-order valence-corrected chi connectivity index (χ2v) is 4.99. The summed E-state index contributed by atoms with van der Waals surface area (Å²) < 4.78 is 11.0. The molecule has 2 aromatic carbocycles. The highest BCUT2D eigenvalue weighted by Gasteiger charge is 2.04. The van der Waals surface area contributed by atoms with E-state index >= 15 is 0 Å². The van der Waals surface area contributed by atoms with Gasteiger partial charge in [0.2, 0.25) is 0 Å². The number of benzene rings is 2. The number of anilines is 1. The van der Waals surface area contributed by atoms with Crippen molar-refractivity contribution in [2.45, 2.75) is 20.3 Å². The molecule has 4 heteroatoms. The molecule has 2 aromatic rings. The lowest BCUT2D eigenvalue weighted by Gasteiger charge is -2.10. The molecule has 4 nitrogen and oxygen atoms in total. The molecule has 0 heterocycles. The van der Waals surface area contributed by atoms with Crippen molar-refractivity contribution in [2.75, 3.05) is 19.1 Å². The third kappa shape index (κ3) is 4.52. The van der Waals surface area contributed by atoms with Gasteiger partial charge < -0.3 is 9.47 Å². The van der Waals surface area contributed by atoms with E-state index in [2.05, 4.69) is 24.4 Å². The van der Waals surface area contributed by atoms with Crippen LogP contribution in [-0.2, 0) is 0 Å². The number of hydrogen-bond donors (Lipinski definition) is 1. The summed E-state index contributed by atoms with van der Waals surface area (Å²) >= 11 is 0. The first-order chi connectivity index (χ1) is 10.7. The zero-order valence-corrected chi connectivity index (χ0v) is 13.3. The zero-order valence-electron chi connectivity index (χ0n) is 13.3. The fraction of sp³-hybridized carbons (Fsp3) is 0.278. The standard InChI is InChI=1S/C18H22N2O2/c1-4-11-22-17-10-7-15(12-18(17)21-3)13-19-20-16-8-5-14(2)6-9-16/h5-10,12-13,20H,4,11H2,1-3H3/b19-13+. The van der Waals surface area contributed by atoms with Gasteiger partial charge in [-0.2, -0.15) is 5.10 Å². The van der Waals surface area contributed by atoms with E-state index in [9.17, 15) is 0 Å². The summed E-state index contributed by atoms with van der Waals surface area (Å²) in [7, 11) is 1.64. The first kappa shape index (κ1) is 15.9. The van der Waals surface area contributed by atoms with Crippen molar-refractivity contribution in [1.82, 2.24) is 0 Å². The fourth-order valence-electron chi connectivity index (χ4n) is 1.91. The molecule has 0 radical (unpaired) electrons. The highest BCUT2D eigenvalue weighted by Crippen LogP contribution is 2.27. The van der Waals surface area contributed by atoms with Crippen LogP contribution in [0.3, 0.4) is 0 Å². The summed E-state index contributed by atoms with van der Waals surface area (Å²) in [4.78, 5) is 0. The molecule has 0 bridgehead atoms. The Morgan fingerprint density at radius 1 is 1.09 bits per heavy atom. The summed E-state index contributed by atoms with van der Waals surface area (Å²) in [6.45, 7) is 4.81. The average molecular weight is 298 g/mol. The molecule has 0 atom stereocenters. The lowest BCUT2D eigenvalue weighted by Crippen LogP contribution is -1.98. The molecule has 2 rings (SSSR count). The SMILES string of the molecule is CCCOc1ccc(/C=N/Nc2ccc(C)cc2)cc1OC.